The third-order valence-electron chi connectivity index (χ3n) is 3.91. The van der Waals surface area contributed by atoms with Crippen molar-refractivity contribution in [2.24, 2.45) is 5.10 Å². The minimum Gasteiger partial charge on any atom is -0.359 e. The molecule has 2 aliphatic rings. The number of anilines is 1. The molecule has 24 heavy (non-hydrogen) atoms. The van der Waals surface area contributed by atoms with Crippen LogP contribution in [0.1, 0.15) is 22.6 Å². The molecule has 122 valence electrons. The number of hydrogen-bond donors (Lipinski definition) is 2. The molecule has 2 aromatic rings. The molecular weight excluding hydrogens is 340 g/mol. The van der Waals surface area contributed by atoms with E-state index in [2.05, 4.69) is 23.3 Å². The van der Waals surface area contributed by atoms with Crippen molar-refractivity contribution in [2.45, 2.75) is 12.2 Å². The van der Waals surface area contributed by atoms with Gasteiger partial charge in [-0.25, -0.2) is 5.01 Å². The van der Waals surface area contributed by atoms with Gasteiger partial charge in [0.05, 0.1) is 0 Å². The Morgan fingerprint density at radius 3 is 3.00 bits per heavy atom. The summed E-state index contributed by atoms with van der Waals surface area (Å²) in [7, 11) is 0. The van der Waals surface area contributed by atoms with Crippen LogP contribution in [0.25, 0.3) is 0 Å². The summed E-state index contributed by atoms with van der Waals surface area (Å²) in [5.74, 6) is 0.651. The minimum atomic E-state index is -0.428. The van der Waals surface area contributed by atoms with Crippen LogP contribution < -0.4 is 10.6 Å². The van der Waals surface area contributed by atoms with Gasteiger partial charge >= 0.3 is 0 Å². The maximum absolute atomic E-state index is 12.8. The number of carbonyl (C=O) groups excluding carboxylic acids is 1. The van der Waals surface area contributed by atoms with Gasteiger partial charge in [-0.2, -0.15) is 0 Å². The number of amides is 1. The van der Waals surface area contributed by atoms with E-state index in [4.69, 9.17) is 5.10 Å². The zero-order valence-corrected chi connectivity index (χ0v) is 14.4. The van der Waals surface area contributed by atoms with E-state index in [1.807, 2.05) is 40.7 Å². The number of para-hydroxylation sites is 1. The number of carbonyl (C=O) groups is 1. The molecule has 0 bridgehead atoms. The van der Waals surface area contributed by atoms with Gasteiger partial charge in [0.25, 0.3) is 5.91 Å². The SMILES string of the molecule is C=CCSC1=NN2[C@@H](c3cccs3)Nc3ccccc3[C@H]2C(=O)N1. The lowest BCUT2D eigenvalue weighted by Gasteiger charge is -2.43. The van der Waals surface area contributed by atoms with E-state index >= 15 is 0 Å². The first kappa shape index (κ1) is 15.3. The predicted molar refractivity (Wildman–Crippen MR) is 99.9 cm³/mol. The van der Waals surface area contributed by atoms with E-state index in [0.717, 1.165) is 16.1 Å². The van der Waals surface area contributed by atoms with Crippen LogP contribution >= 0.6 is 23.1 Å². The number of nitrogens with zero attached hydrogens (tertiary/aromatic N) is 2. The van der Waals surface area contributed by atoms with E-state index in [-0.39, 0.29) is 12.1 Å². The van der Waals surface area contributed by atoms with Gasteiger partial charge in [0.15, 0.2) is 17.4 Å². The topological polar surface area (TPSA) is 56.7 Å². The number of thioether (sulfide) groups is 1. The number of amidine groups is 1. The number of rotatable bonds is 3. The van der Waals surface area contributed by atoms with Crippen LogP contribution in [-0.2, 0) is 4.79 Å². The number of hydrazone groups is 1. The Bertz CT molecular complexity index is 803. The molecule has 3 heterocycles. The Hall–Kier alpha value is -2.25. The molecule has 0 aliphatic carbocycles. The van der Waals surface area contributed by atoms with Gasteiger partial charge in [0, 0.05) is 21.9 Å². The molecule has 1 amide bonds. The van der Waals surface area contributed by atoms with Crippen molar-refractivity contribution < 1.29 is 4.79 Å². The fourth-order valence-corrected chi connectivity index (χ4v) is 4.27. The van der Waals surface area contributed by atoms with Gasteiger partial charge in [-0.3, -0.25) is 4.79 Å². The van der Waals surface area contributed by atoms with Crippen molar-refractivity contribution in [3.8, 4) is 0 Å². The smallest absolute Gasteiger partial charge is 0.255 e. The summed E-state index contributed by atoms with van der Waals surface area (Å²) in [6.07, 6.45) is 1.64. The fourth-order valence-electron chi connectivity index (χ4n) is 2.90. The van der Waals surface area contributed by atoms with Crippen molar-refractivity contribution in [2.75, 3.05) is 11.1 Å². The first-order chi connectivity index (χ1) is 11.8. The molecule has 5 nitrogen and oxygen atoms in total. The fraction of sp³-hybridized carbons (Fsp3) is 0.176. The van der Waals surface area contributed by atoms with E-state index < -0.39 is 6.04 Å². The lowest BCUT2D eigenvalue weighted by Crippen LogP contribution is -2.50. The summed E-state index contributed by atoms with van der Waals surface area (Å²) in [5, 5.41) is 15.7. The Morgan fingerprint density at radius 2 is 2.21 bits per heavy atom. The average molecular weight is 356 g/mol. The number of nitrogens with one attached hydrogen (secondary N) is 2. The van der Waals surface area contributed by atoms with Crippen molar-refractivity contribution in [3.05, 3.63) is 64.9 Å². The van der Waals surface area contributed by atoms with E-state index in [1.54, 1.807) is 17.4 Å². The summed E-state index contributed by atoms with van der Waals surface area (Å²) < 4.78 is 0. The standard InChI is InChI=1S/C17H16N4OS2/c1-2-9-24-17-19-16(22)14-11-6-3-4-7-12(11)18-15(21(14)20-17)13-8-5-10-23-13/h2-8,10,14-15,18H,1,9H2,(H,19,20,22)/t14-,15-/m0/s1. The average Bonchev–Trinajstić information content (AvgIpc) is 3.13. The first-order valence-electron chi connectivity index (χ1n) is 7.58. The lowest BCUT2D eigenvalue weighted by molar-refractivity contribution is -0.127. The van der Waals surface area contributed by atoms with E-state index in [1.165, 1.54) is 11.8 Å². The molecule has 1 aromatic heterocycles. The third-order valence-corrected chi connectivity index (χ3v) is 5.70. The van der Waals surface area contributed by atoms with Crippen LogP contribution in [0, 0.1) is 0 Å². The van der Waals surface area contributed by atoms with Crippen LogP contribution in [0.4, 0.5) is 5.69 Å². The van der Waals surface area contributed by atoms with Gasteiger partial charge in [-0.05, 0) is 17.5 Å². The molecule has 0 unspecified atom stereocenters. The van der Waals surface area contributed by atoms with Gasteiger partial charge in [0.1, 0.15) is 0 Å². The zero-order chi connectivity index (χ0) is 16.5. The maximum Gasteiger partial charge on any atom is 0.255 e. The Morgan fingerprint density at radius 1 is 1.33 bits per heavy atom. The number of thiophene rings is 1. The van der Waals surface area contributed by atoms with Gasteiger partial charge in [-0.15, -0.1) is 23.0 Å². The van der Waals surface area contributed by atoms with Crippen LogP contribution in [-0.4, -0.2) is 21.8 Å². The second-order valence-corrected chi connectivity index (χ2v) is 7.41. The van der Waals surface area contributed by atoms with Crippen LogP contribution in [0.3, 0.4) is 0 Å². The zero-order valence-electron chi connectivity index (χ0n) is 12.8. The molecule has 0 radical (unpaired) electrons. The highest BCUT2D eigenvalue weighted by Crippen LogP contribution is 2.43. The highest BCUT2D eigenvalue weighted by Gasteiger charge is 2.42. The van der Waals surface area contributed by atoms with Crippen molar-refractivity contribution in [3.63, 3.8) is 0 Å². The number of hydrogen-bond acceptors (Lipinski definition) is 6. The molecule has 0 spiro atoms. The molecule has 0 fully saturated rings. The number of fused-ring (bicyclic) bond motifs is 3. The molecule has 0 saturated heterocycles. The summed E-state index contributed by atoms with van der Waals surface area (Å²) in [5.41, 5.74) is 1.92. The minimum absolute atomic E-state index is 0.0490. The molecular formula is C17H16N4OS2. The van der Waals surface area contributed by atoms with Crippen molar-refractivity contribution >= 4 is 39.9 Å². The lowest BCUT2D eigenvalue weighted by atomic mass is 9.99. The first-order valence-corrected chi connectivity index (χ1v) is 9.45. The normalized spacial score (nSPS) is 21.9. The van der Waals surface area contributed by atoms with E-state index in [0.29, 0.717) is 10.9 Å². The molecule has 1 aromatic carbocycles. The van der Waals surface area contributed by atoms with E-state index in [9.17, 15) is 4.79 Å². The summed E-state index contributed by atoms with van der Waals surface area (Å²) >= 11 is 3.12. The largest absolute Gasteiger partial charge is 0.359 e. The quantitative estimate of drug-likeness (QED) is 0.826. The molecule has 2 atom stereocenters. The third kappa shape index (κ3) is 2.59. The highest BCUT2D eigenvalue weighted by molar-refractivity contribution is 8.14. The molecule has 4 rings (SSSR count). The van der Waals surface area contributed by atoms with Crippen LogP contribution in [0.15, 0.2) is 59.5 Å². The van der Waals surface area contributed by atoms with Gasteiger partial charge < -0.3 is 10.6 Å². The van der Waals surface area contributed by atoms with Gasteiger partial charge in [0.2, 0.25) is 0 Å². The summed E-state index contributed by atoms with van der Waals surface area (Å²) in [6, 6.07) is 11.5. The summed E-state index contributed by atoms with van der Waals surface area (Å²) in [6.45, 7) is 3.72. The molecule has 2 N–H and O–H groups in total. The van der Waals surface area contributed by atoms with Crippen LogP contribution in [0.2, 0.25) is 0 Å². The predicted octanol–water partition coefficient (Wildman–Crippen LogP) is 3.54. The molecule has 2 aliphatic heterocycles. The second kappa shape index (κ2) is 6.33. The Kier molecular flexibility index (Phi) is 4.03. The van der Waals surface area contributed by atoms with Gasteiger partial charge in [-0.1, -0.05) is 42.1 Å². The number of benzene rings is 1. The van der Waals surface area contributed by atoms with Crippen molar-refractivity contribution in [1.82, 2.24) is 10.3 Å². The molecule has 0 saturated carbocycles. The van der Waals surface area contributed by atoms with Crippen LogP contribution in [0.5, 0.6) is 0 Å². The second-order valence-electron chi connectivity index (χ2n) is 5.43. The van der Waals surface area contributed by atoms with Crippen molar-refractivity contribution in [1.29, 1.82) is 0 Å². The summed E-state index contributed by atoms with van der Waals surface area (Å²) in [4.78, 5) is 13.9. The highest BCUT2D eigenvalue weighted by atomic mass is 32.2. The Balaban J connectivity index is 1.79. The maximum atomic E-state index is 12.8. The molecule has 7 heteroatoms. The Labute approximate surface area is 148 Å². The monoisotopic (exact) mass is 356 g/mol.